The number of carbonyl (C=O) groups excluding carboxylic acids is 1. The van der Waals surface area contributed by atoms with Crippen LogP contribution in [0.15, 0.2) is 36.4 Å². The predicted molar refractivity (Wildman–Crippen MR) is 94.1 cm³/mol. The monoisotopic (exact) mass is 325 g/mol. The number of nitrogens with zero attached hydrogens (tertiary/aromatic N) is 1. The van der Waals surface area contributed by atoms with Crippen molar-refractivity contribution in [3.63, 3.8) is 0 Å². The predicted octanol–water partition coefficient (Wildman–Crippen LogP) is 4.25. The number of aromatic carboxylic acids is 1. The molecule has 1 aliphatic heterocycles. The number of likely N-dealkylation sites (tertiary alicyclic amines) is 1. The van der Waals surface area contributed by atoms with Crippen LogP contribution in [-0.4, -0.2) is 28.4 Å². The Morgan fingerprint density at radius 2 is 1.88 bits per heavy atom. The summed E-state index contributed by atoms with van der Waals surface area (Å²) in [6.07, 6.45) is 2.61. The minimum absolute atomic E-state index is 0.139. The van der Waals surface area contributed by atoms with Crippen molar-refractivity contribution < 1.29 is 14.7 Å². The Bertz CT molecular complexity index is 782. The fraction of sp³-hybridized carbons (Fsp3) is 0.400. The zero-order chi connectivity index (χ0) is 17.3. The van der Waals surface area contributed by atoms with Crippen molar-refractivity contribution in [3.05, 3.63) is 47.5 Å². The standard InChI is InChI=1S/C20H23NO3/c1-13(2)10-19(22)21-9-3-4-18(21)16-7-5-15-12-17(20(23)24)8-6-14(15)11-16/h5-8,11-13,18H,3-4,9-10H2,1-2H3,(H,23,24). The summed E-state index contributed by atoms with van der Waals surface area (Å²) in [5, 5.41) is 11.0. The number of carbonyl (C=O) groups is 2. The lowest BCUT2D eigenvalue weighted by Gasteiger charge is -2.26. The Morgan fingerprint density at radius 1 is 1.17 bits per heavy atom. The highest BCUT2D eigenvalue weighted by Gasteiger charge is 2.30. The van der Waals surface area contributed by atoms with Crippen molar-refractivity contribution in [3.8, 4) is 0 Å². The Hall–Kier alpha value is -2.36. The Morgan fingerprint density at radius 3 is 2.58 bits per heavy atom. The minimum Gasteiger partial charge on any atom is -0.478 e. The second-order valence-corrected chi connectivity index (χ2v) is 6.97. The van der Waals surface area contributed by atoms with E-state index in [0.29, 0.717) is 17.9 Å². The quantitative estimate of drug-likeness (QED) is 0.914. The highest BCUT2D eigenvalue weighted by molar-refractivity contribution is 5.94. The number of benzene rings is 2. The fourth-order valence-corrected chi connectivity index (χ4v) is 3.48. The van der Waals surface area contributed by atoms with Gasteiger partial charge in [-0.2, -0.15) is 0 Å². The first-order valence-electron chi connectivity index (χ1n) is 8.52. The highest BCUT2D eigenvalue weighted by atomic mass is 16.4. The van der Waals surface area contributed by atoms with E-state index in [4.69, 9.17) is 5.11 Å². The Kier molecular flexibility index (Phi) is 4.56. The topological polar surface area (TPSA) is 57.6 Å². The summed E-state index contributed by atoms with van der Waals surface area (Å²) in [5.74, 6) is -0.319. The molecule has 2 aromatic rings. The van der Waals surface area contributed by atoms with E-state index in [9.17, 15) is 9.59 Å². The molecule has 0 aliphatic carbocycles. The molecule has 3 rings (SSSR count). The van der Waals surface area contributed by atoms with Gasteiger partial charge in [0.2, 0.25) is 5.91 Å². The molecule has 1 atom stereocenters. The van der Waals surface area contributed by atoms with Gasteiger partial charge in [0.05, 0.1) is 11.6 Å². The summed E-state index contributed by atoms with van der Waals surface area (Å²) < 4.78 is 0. The maximum absolute atomic E-state index is 12.5. The van der Waals surface area contributed by atoms with Crippen LogP contribution in [-0.2, 0) is 4.79 Å². The van der Waals surface area contributed by atoms with Gasteiger partial charge in [0.1, 0.15) is 0 Å². The van der Waals surface area contributed by atoms with Gasteiger partial charge < -0.3 is 10.0 Å². The van der Waals surface area contributed by atoms with Gasteiger partial charge in [-0.3, -0.25) is 4.79 Å². The Balaban J connectivity index is 1.89. The molecule has 1 aliphatic rings. The molecule has 1 heterocycles. The number of carboxylic acids is 1. The van der Waals surface area contributed by atoms with Crippen LogP contribution < -0.4 is 0 Å². The molecule has 1 N–H and O–H groups in total. The lowest BCUT2D eigenvalue weighted by atomic mass is 9.98. The molecule has 0 saturated carbocycles. The van der Waals surface area contributed by atoms with E-state index in [1.54, 1.807) is 12.1 Å². The van der Waals surface area contributed by atoms with Crippen molar-refractivity contribution in [2.75, 3.05) is 6.54 Å². The van der Waals surface area contributed by atoms with Crippen molar-refractivity contribution in [1.82, 2.24) is 4.90 Å². The summed E-state index contributed by atoms with van der Waals surface area (Å²) in [7, 11) is 0. The fourth-order valence-electron chi connectivity index (χ4n) is 3.48. The van der Waals surface area contributed by atoms with Crippen LogP contribution in [0.3, 0.4) is 0 Å². The maximum Gasteiger partial charge on any atom is 0.335 e. The number of rotatable bonds is 4. The van der Waals surface area contributed by atoms with E-state index in [1.807, 2.05) is 23.1 Å². The minimum atomic E-state index is -0.915. The lowest BCUT2D eigenvalue weighted by molar-refractivity contribution is -0.132. The van der Waals surface area contributed by atoms with E-state index in [-0.39, 0.29) is 11.9 Å². The SMILES string of the molecule is CC(C)CC(=O)N1CCCC1c1ccc2cc(C(=O)O)ccc2c1. The highest BCUT2D eigenvalue weighted by Crippen LogP contribution is 2.34. The maximum atomic E-state index is 12.5. The summed E-state index contributed by atoms with van der Waals surface area (Å²) in [6.45, 7) is 4.96. The molecule has 24 heavy (non-hydrogen) atoms. The van der Waals surface area contributed by atoms with Crippen LogP contribution >= 0.6 is 0 Å². The first-order valence-corrected chi connectivity index (χ1v) is 8.52. The van der Waals surface area contributed by atoms with Crippen LogP contribution in [0, 0.1) is 5.92 Å². The zero-order valence-electron chi connectivity index (χ0n) is 14.2. The van der Waals surface area contributed by atoms with Gasteiger partial charge in [0.15, 0.2) is 0 Å². The molecule has 1 unspecified atom stereocenters. The Labute approximate surface area is 142 Å². The molecule has 0 radical (unpaired) electrons. The molecule has 0 bridgehead atoms. The third-order valence-corrected chi connectivity index (χ3v) is 4.65. The lowest BCUT2D eigenvalue weighted by Crippen LogP contribution is -2.31. The summed E-state index contributed by atoms with van der Waals surface area (Å²) in [5.41, 5.74) is 1.44. The van der Waals surface area contributed by atoms with Crippen molar-refractivity contribution >= 4 is 22.6 Å². The zero-order valence-corrected chi connectivity index (χ0v) is 14.2. The number of amides is 1. The number of fused-ring (bicyclic) bond motifs is 1. The van der Waals surface area contributed by atoms with Gasteiger partial charge in [-0.05, 0) is 53.3 Å². The molecule has 1 fully saturated rings. The summed E-state index contributed by atoms with van der Waals surface area (Å²) in [6, 6.07) is 11.4. The van der Waals surface area contributed by atoms with E-state index in [1.165, 1.54) is 0 Å². The molecule has 4 nitrogen and oxygen atoms in total. The van der Waals surface area contributed by atoms with Crippen molar-refractivity contribution in [1.29, 1.82) is 0 Å². The smallest absolute Gasteiger partial charge is 0.335 e. The van der Waals surface area contributed by atoms with Gasteiger partial charge in [0.25, 0.3) is 0 Å². The molecule has 4 heteroatoms. The van der Waals surface area contributed by atoms with Gasteiger partial charge >= 0.3 is 5.97 Å². The third-order valence-electron chi connectivity index (χ3n) is 4.65. The number of carboxylic acid groups (broad SMARTS) is 1. The van der Waals surface area contributed by atoms with E-state index >= 15 is 0 Å². The molecule has 1 saturated heterocycles. The van der Waals surface area contributed by atoms with Crippen LogP contribution in [0.25, 0.3) is 10.8 Å². The van der Waals surface area contributed by atoms with Gasteiger partial charge in [-0.1, -0.05) is 32.0 Å². The molecule has 0 aromatic heterocycles. The summed E-state index contributed by atoms with van der Waals surface area (Å²) in [4.78, 5) is 25.6. The molecular weight excluding hydrogens is 302 g/mol. The van der Waals surface area contributed by atoms with Gasteiger partial charge in [0, 0.05) is 13.0 Å². The second-order valence-electron chi connectivity index (χ2n) is 6.97. The molecular formula is C20H23NO3. The van der Waals surface area contributed by atoms with Gasteiger partial charge in [-0.25, -0.2) is 4.79 Å². The second kappa shape index (κ2) is 6.63. The molecule has 0 spiro atoms. The normalized spacial score (nSPS) is 17.6. The van der Waals surface area contributed by atoms with E-state index in [2.05, 4.69) is 19.9 Å². The first kappa shape index (κ1) is 16.5. The van der Waals surface area contributed by atoms with Crippen LogP contribution in [0.1, 0.15) is 55.1 Å². The molecule has 2 aromatic carbocycles. The largest absolute Gasteiger partial charge is 0.478 e. The number of hydrogen-bond donors (Lipinski definition) is 1. The van der Waals surface area contributed by atoms with Crippen molar-refractivity contribution in [2.45, 2.75) is 39.2 Å². The molecule has 126 valence electrons. The van der Waals surface area contributed by atoms with Crippen molar-refractivity contribution in [2.24, 2.45) is 5.92 Å². The van der Waals surface area contributed by atoms with Gasteiger partial charge in [-0.15, -0.1) is 0 Å². The summed E-state index contributed by atoms with van der Waals surface area (Å²) >= 11 is 0. The van der Waals surface area contributed by atoms with E-state index < -0.39 is 5.97 Å². The average Bonchev–Trinajstić information content (AvgIpc) is 3.02. The molecule has 1 amide bonds. The van der Waals surface area contributed by atoms with E-state index in [0.717, 1.165) is 35.7 Å². The number of hydrogen-bond acceptors (Lipinski definition) is 2. The third kappa shape index (κ3) is 3.28. The first-order chi connectivity index (χ1) is 11.5. The van der Waals surface area contributed by atoms with Crippen LogP contribution in [0.5, 0.6) is 0 Å². The van der Waals surface area contributed by atoms with Crippen LogP contribution in [0.4, 0.5) is 0 Å². The van der Waals surface area contributed by atoms with Crippen LogP contribution in [0.2, 0.25) is 0 Å². The average molecular weight is 325 g/mol.